The van der Waals surface area contributed by atoms with Crippen molar-refractivity contribution in [2.45, 2.75) is 45.5 Å². The molecule has 2 saturated carbocycles. The maximum absolute atomic E-state index is 13.5. The highest BCUT2D eigenvalue weighted by Gasteiger charge is 2.55. The first-order valence-corrected chi connectivity index (χ1v) is 11.3. The third kappa shape index (κ3) is 2.69. The summed E-state index contributed by atoms with van der Waals surface area (Å²) < 4.78 is 0. The van der Waals surface area contributed by atoms with Crippen LogP contribution in [0, 0.1) is 30.6 Å². The summed E-state index contributed by atoms with van der Waals surface area (Å²) in [5, 5.41) is 15.8. The van der Waals surface area contributed by atoms with Gasteiger partial charge in [-0.3, -0.25) is 14.7 Å². The molecule has 1 aromatic rings. The fourth-order valence-electron chi connectivity index (χ4n) is 6.13. The molecule has 6 rings (SSSR count). The van der Waals surface area contributed by atoms with Crippen LogP contribution < -0.4 is 5.01 Å². The summed E-state index contributed by atoms with van der Waals surface area (Å²) >= 11 is 0. The highest BCUT2D eigenvalue weighted by Crippen LogP contribution is 2.51. The van der Waals surface area contributed by atoms with Crippen molar-refractivity contribution in [3.8, 4) is 0 Å². The van der Waals surface area contributed by atoms with E-state index in [4.69, 9.17) is 0 Å². The molecule has 4 fully saturated rings. The molecule has 0 radical (unpaired) electrons. The number of likely N-dealkylation sites (tertiary alicyclic amines) is 1. The Hall–Kier alpha value is -1.63. The normalized spacial score (nSPS) is 36.8. The van der Waals surface area contributed by atoms with Crippen LogP contribution in [0.15, 0.2) is 12.1 Å². The molecule has 6 atom stereocenters. The SMILES string of the molecule is CCC(O)c1cc(C)cc2c1N(N1CC3CC3C1)C(N1CC3CC3C1)N(C)C2=O. The van der Waals surface area contributed by atoms with Crippen molar-refractivity contribution in [2.75, 3.05) is 38.2 Å². The highest BCUT2D eigenvalue weighted by atomic mass is 16.3. The first-order valence-electron chi connectivity index (χ1n) is 11.3. The number of carbonyl (C=O) groups is 1. The van der Waals surface area contributed by atoms with Gasteiger partial charge in [-0.25, -0.2) is 5.01 Å². The lowest BCUT2D eigenvalue weighted by Crippen LogP contribution is -2.66. The zero-order chi connectivity index (χ0) is 20.0. The number of piperidine rings is 2. The summed E-state index contributed by atoms with van der Waals surface area (Å²) in [6.07, 6.45) is 2.72. The van der Waals surface area contributed by atoms with E-state index < -0.39 is 6.10 Å². The molecule has 2 saturated heterocycles. The summed E-state index contributed by atoms with van der Waals surface area (Å²) in [4.78, 5) is 17.9. The Morgan fingerprint density at radius 3 is 2.31 bits per heavy atom. The van der Waals surface area contributed by atoms with Gasteiger partial charge >= 0.3 is 0 Å². The second kappa shape index (κ2) is 6.19. The molecule has 5 aliphatic rings. The minimum absolute atomic E-state index is 0.0780. The van der Waals surface area contributed by atoms with E-state index in [1.165, 1.54) is 12.8 Å². The third-order valence-electron chi connectivity index (χ3n) is 7.97. The Morgan fingerprint density at radius 1 is 1.07 bits per heavy atom. The number of hydrogen-bond acceptors (Lipinski definition) is 5. The number of fused-ring (bicyclic) bond motifs is 3. The number of carbonyl (C=O) groups excluding carboxylic acids is 1. The third-order valence-corrected chi connectivity index (χ3v) is 7.97. The second-order valence-corrected chi connectivity index (χ2v) is 10.1. The highest BCUT2D eigenvalue weighted by molar-refractivity contribution is 6.02. The Morgan fingerprint density at radius 2 is 1.69 bits per heavy atom. The van der Waals surface area contributed by atoms with E-state index in [9.17, 15) is 9.90 Å². The van der Waals surface area contributed by atoms with Crippen LogP contribution in [0.5, 0.6) is 0 Å². The maximum atomic E-state index is 13.5. The number of aliphatic hydroxyl groups is 1. The van der Waals surface area contributed by atoms with E-state index in [0.29, 0.717) is 6.42 Å². The van der Waals surface area contributed by atoms with Gasteiger partial charge in [0, 0.05) is 38.8 Å². The zero-order valence-electron chi connectivity index (χ0n) is 17.7. The molecule has 29 heavy (non-hydrogen) atoms. The number of anilines is 1. The first kappa shape index (κ1) is 18.2. The van der Waals surface area contributed by atoms with Crippen LogP contribution in [0.4, 0.5) is 5.69 Å². The lowest BCUT2D eigenvalue weighted by molar-refractivity contribution is 0.0149. The van der Waals surface area contributed by atoms with Crippen LogP contribution in [0.2, 0.25) is 0 Å². The Balaban J connectivity index is 1.49. The van der Waals surface area contributed by atoms with Crippen molar-refractivity contribution in [2.24, 2.45) is 23.7 Å². The first-order chi connectivity index (χ1) is 14.0. The fraction of sp³-hybridized carbons (Fsp3) is 0.696. The van der Waals surface area contributed by atoms with Gasteiger partial charge in [0.25, 0.3) is 5.91 Å². The molecule has 0 bridgehead atoms. The minimum atomic E-state index is -0.549. The number of hydrazine groups is 1. The van der Waals surface area contributed by atoms with Crippen molar-refractivity contribution in [3.63, 3.8) is 0 Å². The molecule has 1 amide bonds. The summed E-state index contributed by atoms with van der Waals surface area (Å²) in [6.45, 7) is 8.33. The predicted molar refractivity (Wildman–Crippen MR) is 111 cm³/mol. The smallest absolute Gasteiger partial charge is 0.258 e. The Labute approximate surface area is 173 Å². The molecule has 0 spiro atoms. The molecule has 3 aliphatic heterocycles. The van der Waals surface area contributed by atoms with Gasteiger partial charge < -0.3 is 10.0 Å². The summed E-state index contributed by atoms with van der Waals surface area (Å²) in [6, 6.07) is 4.11. The van der Waals surface area contributed by atoms with Gasteiger partial charge in [-0.1, -0.05) is 13.0 Å². The van der Waals surface area contributed by atoms with Gasteiger partial charge in [-0.15, -0.1) is 0 Å². The number of aliphatic hydroxyl groups excluding tert-OH is 1. The Bertz CT molecular complexity index is 853. The van der Waals surface area contributed by atoms with E-state index in [1.54, 1.807) is 0 Å². The van der Waals surface area contributed by atoms with Gasteiger partial charge in [0.2, 0.25) is 0 Å². The van der Waals surface area contributed by atoms with Crippen LogP contribution >= 0.6 is 0 Å². The topological polar surface area (TPSA) is 50.3 Å². The van der Waals surface area contributed by atoms with E-state index >= 15 is 0 Å². The van der Waals surface area contributed by atoms with Crippen molar-refractivity contribution in [3.05, 3.63) is 28.8 Å². The molecule has 6 heteroatoms. The van der Waals surface area contributed by atoms with Gasteiger partial charge in [0.15, 0.2) is 6.29 Å². The monoisotopic (exact) mass is 396 g/mol. The van der Waals surface area contributed by atoms with E-state index in [0.717, 1.165) is 72.2 Å². The maximum Gasteiger partial charge on any atom is 0.258 e. The van der Waals surface area contributed by atoms with Crippen molar-refractivity contribution in [1.82, 2.24) is 14.8 Å². The van der Waals surface area contributed by atoms with Gasteiger partial charge in [-0.05, 0) is 61.5 Å². The molecule has 1 N–H and O–H groups in total. The molecular formula is C23H32N4O2. The summed E-state index contributed by atoms with van der Waals surface area (Å²) in [5.41, 5.74) is 3.66. The number of aryl methyl sites for hydroxylation is 1. The van der Waals surface area contributed by atoms with Crippen LogP contribution in [0.1, 0.15) is 53.8 Å². The van der Waals surface area contributed by atoms with E-state index in [2.05, 4.69) is 21.0 Å². The molecule has 0 aromatic heterocycles. The molecule has 156 valence electrons. The second-order valence-electron chi connectivity index (χ2n) is 10.1. The summed E-state index contributed by atoms with van der Waals surface area (Å²) in [7, 11) is 1.96. The zero-order valence-corrected chi connectivity index (χ0v) is 17.7. The number of hydrogen-bond donors (Lipinski definition) is 1. The van der Waals surface area contributed by atoms with Gasteiger partial charge in [0.05, 0.1) is 17.4 Å². The number of benzene rings is 1. The number of amides is 1. The number of nitrogens with zero attached hydrogens (tertiary/aromatic N) is 4. The van der Waals surface area contributed by atoms with Crippen LogP contribution in [0.3, 0.4) is 0 Å². The quantitative estimate of drug-likeness (QED) is 0.847. The van der Waals surface area contributed by atoms with Crippen LogP contribution in [0.25, 0.3) is 0 Å². The molecule has 2 aliphatic carbocycles. The standard InChI is InChI=1S/C23H32N4O2/c1-4-20(28)18-5-13(2)6-19-21(18)27(26-11-16-8-17(16)12-26)23(24(3)22(19)29)25-9-14-7-15(14)10-25/h5-6,14-17,20,23,28H,4,7-12H2,1-3H3. The largest absolute Gasteiger partial charge is 0.388 e. The van der Waals surface area contributed by atoms with Gasteiger partial charge in [-0.2, -0.15) is 0 Å². The summed E-state index contributed by atoms with van der Waals surface area (Å²) in [5.74, 6) is 3.32. The van der Waals surface area contributed by atoms with Crippen LogP contribution in [-0.4, -0.2) is 65.3 Å². The molecular weight excluding hydrogens is 364 g/mol. The minimum Gasteiger partial charge on any atom is -0.388 e. The lowest BCUT2D eigenvalue weighted by Gasteiger charge is -2.52. The molecule has 3 heterocycles. The average Bonchev–Trinajstić information content (AvgIpc) is 3.55. The van der Waals surface area contributed by atoms with Crippen molar-refractivity contribution >= 4 is 11.6 Å². The average molecular weight is 397 g/mol. The molecule has 1 aromatic carbocycles. The van der Waals surface area contributed by atoms with Crippen molar-refractivity contribution < 1.29 is 9.90 Å². The van der Waals surface area contributed by atoms with Crippen LogP contribution in [-0.2, 0) is 0 Å². The van der Waals surface area contributed by atoms with E-state index in [-0.39, 0.29) is 12.2 Å². The molecule has 6 nitrogen and oxygen atoms in total. The lowest BCUT2D eigenvalue weighted by atomic mass is 9.95. The van der Waals surface area contributed by atoms with Crippen molar-refractivity contribution in [1.29, 1.82) is 0 Å². The Kier molecular flexibility index (Phi) is 3.88. The number of rotatable bonds is 4. The predicted octanol–water partition coefficient (Wildman–Crippen LogP) is 2.43. The molecule has 6 unspecified atom stereocenters. The fourth-order valence-corrected chi connectivity index (χ4v) is 6.13. The van der Waals surface area contributed by atoms with Gasteiger partial charge in [0.1, 0.15) is 0 Å². The van der Waals surface area contributed by atoms with E-state index in [1.807, 2.05) is 31.9 Å².